The molecule has 0 spiro atoms. The molecule has 4 aromatic carbocycles. The Balaban J connectivity index is 1.33. The molecule has 0 radical (unpaired) electrons. The van der Waals surface area contributed by atoms with Crippen molar-refractivity contribution in [2.24, 2.45) is 5.10 Å². The van der Waals surface area contributed by atoms with Crippen LogP contribution in [-0.2, 0) is 9.59 Å². The van der Waals surface area contributed by atoms with Crippen LogP contribution in [0.15, 0.2) is 114 Å². The topological polar surface area (TPSA) is 106 Å². The number of nitrogens with zero attached hydrogens (tertiary/aromatic N) is 1. The van der Waals surface area contributed by atoms with Gasteiger partial charge in [0.05, 0.1) is 31.4 Å². The molecule has 196 valence electrons. The van der Waals surface area contributed by atoms with E-state index < -0.39 is 17.8 Å². The van der Waals surface area contributed by atoms with Gasteiger partial charge in [-0.25, -0.2) is 10.2 Å². The molecule has 0 heterocycles. The first kappa shape index (κ1) is 26.8. The Kier molecular flexibility index (Phi) is 9.18. The van der Waals surface area contributed by atoms with Gasteiger partial charge in [-0.15, -0.1) is 0 Å². The van der Waals surface area contributed by atoms with Crippen LogP contribution in [0.1, 0.15) is 33.0 Å². The normalized spacial score (nSPS) is 10.7. The number of rotatable bonds is 10. The number of methoxy groups -OCH3 is 1. The number of nitrogens with one attached hydrogen (secondary N) is 2. The van der Waals surface area contributed by atoms with Crippen LogP contribution in [0.3, 0.4) is 0 Å². The van der Waals surface area contributed by atoms with Gasteiger partial charge >= 0.3 is 5.97 Å². The largest absolute Gasteiger partial charge is 0.493 e. The molecule has 8 nitrogen and oxygen atoms in total. The van der Waals surface area contributed by atoms with Crippen LogP contribution < -0.4 is 20.2 Å². The molecule has 39 heavy (non-hydrogen) atoms. The summed E-state index contributed by atoms with van der Waals surface area (Å²) in [6.07, 6.45) is 1.42. The summed E-state index contributed by atoms with van der Waals surface area (Å²) < 4.78 is 10.8. The fourth-order valence-electron chi connectivity index (χ4n) is 3.86. The minimum absolute atomic E-state index is 0.246. The molecule has 0 saturated heterocycles. The van der Waals surface area contributed by atoms with Crippen molar-refractivity contribution in [3.05, 3.63) is 131 Å². The van der Waals surface area contributed by atoms with Gasteiger partial charge in [0, 0.05) is 0 Å². The lowest BCUT2D eigenvalue weighted by molar-refractivity contribution is -0.126. The molecule has 0 saturated carbocycles. The summed E-state index contributed by atoms with van der Waals surface area (Å²) in [5, 5.41) is 6.65. The van der Waals surface area contributed by atoms with Gasteiger partial charge in [-0.05, 0) is 47.0 Å². The molecule has 2 N–H and O–H groups in total. The lowest BCUT2D eigenvalue weighted by atomic mass is 9.90. The van der Waals surface area contributed by atoms with Gasteiger partial charge in [-0.2, -0.15) is 5.10 Å². The second-order valence-electron chi connectivity index (χ2n) is 8.43. The van der Waals surface area contributed by atoms with Crippen molar-refractivity contribution >= 4 is 24.0 Å². The first-order chi connectivity index (χ1) is 19.0. The Morgan fingerprint density at radius 1 is 0.795 bits per heavy atom. The van der Waals surface area contributed by atoms with Crippen LogP contribution in [0.4, 0.5) is 0 Å². The Labute approximate surface area is 226 Å². The summed E-state index contributed by atoms with van der Waals surface area (Å²) in [6.45, 7) is -0.246. The third kappa shape index (κ3) is 7.39. The fraction of sp³-hybridized carbons (Fsp3) is 0.0968. The third-order valence-electron chi connectivity index (χ3n) is 5.75. The van der Waals surface area contributed by atoms with Crippen LogP contribution in [0.25, 0.3) is 0 Å². The molecule has 0 bridgehead atoms. The molecule has 0 aromatic heterocycles. The quantitative estimate of drug-likeness (QED) is 0.140. The standard InChI is InChI=1S/C31H27N3O5/c1-38-27-19-22(17-18-26(27)39-31(37)25-15-9-4-10-16-25)20-33-34-28(35)21-32-30(36)29(23-11-5-2-6-12-23)24-13-7-3-8-14-24/h2-20,29H,21H2,1H3,(H,32,36)(H,34,35). The molecule has 0 aliphatic rings. The van der Waals surface area contributed by atoms with Gasteiger partial charge in [-0.1, -0.05) is 78.9 Å². The lowest BCUT2D eigenvalue weighted by Crippen LogP contribution is -2.37. The second-order valence-corrected chi connectivity index (χ2v) is 8.43. The second kappa shape index (κ2) is 13.3. The zero-order valence-corrected chi connectivity index (χ0v) is 21.2. The number of hydrogen-bond donors (Lipinski definition) is 2. The summed E-state index contributed by atoms with van der Waals surface area (Å²) >= 11 is 0. The van der Waals surface area contributed by atoms with Gasteiger partial charge in [0.1, 0.15) is 0 Å². The molecule has 4 rings (SSSR count). The van der Waals surface area contributed by atoms with Crippen molar-refractivity contribution < 1.29 is 23.9 Å². The van der Waals surface area contributed by atoms with Gasteiger partial charge < -0.3 is 14.8 Å². The van der Waals surface area contributed by atoms with Crippen LogP contribution in [0, 0.1) is 0 Å². The highest BCUT2D eigenvalue weighted by Crippen LogP contribution is 2.28. The van der Waals surface area contributed by atoms with Crippen molar-refractivity contribution in [2.45, 2.75) is 5.92 Å². The number of hydrogen-bond acceptors (Lipinski definition) is 6. The van der Waals surface area contributed by atoms with Crippen molar-refractivity contribution in [3.8, 4) is 11.5 Å². The van der Waals surface area contributed by atoms with Gasteiger partial charge in [-0.3, -0.25) is 9.59 Å². The van der Waals surface area contributed by atoms with E-state index in [1.54, 1.807) is 42.5 Å². The van der Waals surface area contributed by atoms with E-state index in [9.17, 15) is 14.4 Å². The zero-order chi connectivity index (χ0) is 27.5. The number of ether oxygens (including phenoxy) is 2. The third-order valence-corrected chi connectivity index (χ3v) is 5.75. The molecule has 4 aromatic rings. The monoisotopic (exact) mass is 521 g/mol. The Hall–Kier alpha value is -5.24. The molecule has 2 amide bonds. The molecule has 0 aliphatic carbocycles. The first-order valence-corrected chi connectivity index (χ1v) is 12.2. The minimum Gasteiger partial charge on any atom is -0.493 e. The predicted octanol–water partition coefficient (Wildman–Crippen LogP) is 4.31. The first-order valence-electron chi connectivity index (χ1n) is 12.2. The van der Waals surface area contributed by atoms with Crippen molar-refractivity contribution in [2.75, 3.05) is 13.7 Å². The molecular weight excluding hydrogens is 494 g/mol. The highest BCUT2D eigenvalue weighted by molar-refractivity contribution is 5.92. The van der Waals surface area contributed by atoms with E-state index in [2.05, 4.69) is 15.8 Å². The Morgan fingerprint density at radius 2 is 1.38 bits per heavy atom. The number of benzene rings is 4. The van der Waals surface area contributed by atoms with E-state index in [-0.39, 0.29) is 18.2 Å². The van der Waals surface area contributed by atoms with Gasteiger partial charge in [0.25, 0.3) is 5.91 Å². The molecule has 0 atom stereocenters. The molecule has 0 aliphatic heterocycles. The molecular formula is C31H27N3O5. The maximum Gasteiger partial charge on any atom is 0.343 e. The number of carbonyl (C=O) groups is 3. The van der Waals surface area contributed by atoms with Gasteiger partial charge in [0.2, 0.25) is 5.91 Å². The van der Waals surface area contributed by atoms with Crippen LogP contribution >= 0.6 is 0 Å². The van der Waals surface area contributed by atoms with Crippen molar-refractivity contribution in [1.29, 1.82) is 0 Å². The number of carbonyl (C=O) groups excluding carboxylic acids is 3. The van der Waals surface area contributed by atoms with E-state index in [1.807, 2.05) is 66.7 Å². The molecule has 8 heteroatoms. The summed E-state index contributed by atoms with van der Waals surface area (Å²) in [6, 6.07) is 32.2. The molecule has 0 unspecified atom stereocenters. The summed E-state index contributed by atoms with van der Waals surface area (Å²) in [7, 11) is 1.46. The van der Waals surface area contributed by atoms with E-state index in [4.69, 9.17) is 9.47 Å². The smallest absolute Gasteiger partial charge is 0.343 e. The van der Waals surface area contributed by atoms with Crippen LogP contribution in [0.5, 0.6) is 11.5 Å². The van der Waals surface area contributed by atoms with Gasteiger partial charge in [0.15, 0.2) is 11.5 Å². The van der Waals surface area contributed by atoms with Crippen LogP contribution in [0.2, 0.25) is 0 Å². The fourth-order valence-corrected chi connectivity index (χ4v) is 3.86. The Bertz CT molecular complexity index is 1400. The van der Waals surface area contributed by atoms with E-state index >= 15 is 0 Å². The summed E-state index contributed by atoms with van der Waals surface area (Å²) in [5.74, 6) is -1.26. The number of amides is 2. The van der Waals surface area contributed by atoms with E-state index in [0.717, 1.165) is 11.1 Å². The average molecular weight is 522 g/mol. The number of esters is 1. The lowest BCUT2D eigenvalue weighted by Gasteiger charge is -2.17. The average Bonchev–Trinajstić information content (AvgIpc) is 2.98. The summed E-state index contributed by atoms with van der Waals surface area (Å²) in [4.78, 5) is 37.7. The van der Waals surface area contributed by atoms with E-state index in [1.165, 1.54) is 13.3 Å². The maximum atomic E-state index is 13.0. The zero-order valence-electron chi connectivity index (χ0n) is 21.2. The summed E-state index contributed by atoms with van der Waals surface area (Å²) in [5.41, 5.74) is 5.07. The van der Waals surface area contributed by atoms with Crippen molar-refractivity contribution in [3.63, 3.8) is 0 Å². The highest BCUT2D eigenvalue weighted by Gasteiger charge is 2.22. The maximum absolute atomic E-state index is 13.0. The minimum atomic E-state index is -0.550. The van der Waals surface area contributed by atoms with E-state index in [0.29, 0.717) is 16.9 Å². The molecule has 0 fully saturated rings. The number of hydrazone groups is 1. The SMILES string of the molecule is COc1cc(C=NNC(=O)CNC(=O)C(c2ccccc2)c2ccccc2)ccc1OC(=O)c1ccccc1. The van der Waals surface area contributed by atoms with Crippen LogP contribution in [-0.4, -0.2) is 37.7 Å². The highest BCUT2D eigenvalue weighted by atomic mass is 16.6. The van der Waals surface area contributed by atoms with Crippen molar-refractivity contribution in [1.82, 2.24) is 10.7 Å². The predicted molar refractivity (Wildman–Crippen MR) is 148 cm³/mol. The Morgan fingerprint density at radius 3 is 1.97 bits per heavy atom.